The van der Waals surface area contributed by atoms with E-state index in [2.05, 4.69) is 4.84 Å². The Morgan fingerprint density at radius 3 is 2.38 bits per heavy atom. The Balaban J connectivity index is 3.22. The molecule has 90 valence electrons. The quantitative estimate of drug-likeness (QED) is 0.808. The number of methoxy groups -OCH3 is 2. The molecule has 4 nitrogen and oxygen atoms in total. The second-order valence-corrected chi connectivity index (χ2v) is 3.75. The van der Waals surface area contributed by atoms with E-state index in [1.807, 2.05) is 13.0 Å². The van der Waals surface area contributed by atoms with Gasteiger partial charge < -0.3 is 14.3 Å². The molecule has 0 saturated carbocycles. The van der Waals surface area contributed by atoms with E-state index in [1.54, 1.807) is 14.2 Å². The van der Waals surface area contributed by atoms with E-state index in [9.17, 15) is 0 Å². The van der Waals surface area contributed by atoms with Gasteiger partial charge in [0.1, 0.15) is 0 Å². The van der Waals surface area contributed by atoms with Gasteiger partial charge in [0.05, 0.1) is 25.8 Å². The highest BCUT2D eigenvalue weighted by molar-refractivity contribution is 6.32. The maximum atomic E-state index is 6.06. The number of aryl methyl sites for hydroxylation is 1. The van der Waals surface area contributed by atoms with E-state index in [0.29, 0.717) is 29.5 Å². The third-order valence-corrected chi connectivity index (χ3v) is 2.68. The van der Waals surface area contributed by atoms with Gasteiger partial charge in [0, 0.05) is 12.0 Å². The summed E-state index contributed by atoms with van der Waals surface area (Å²) in [4.78, 5) is 4.57. The van der Waals surface area contributed by atoms with Gasteiger partial charge in [0.25, 0.3) is 0 Å². The number of benzene rings is 1. The average molecular weight is 246 g/mol. The van der Waals surface area contributed by atoms with Crippen molar-refractivity contribution in [2.75, 3.05) is 20.8 Å². The van der Waals surface area contributed by atoms with Crippen LogP contribution in [0.5, 0.6) is 11.5 Å². The minimum Gasteiger partial charge on any atom is -0.493 e. The van der Waals surface area contributed by atoms with Crippen molar-refractivity contribution in [1.29, 1.82) is 0 Å². The lowest BCUT2D eigenvalue weighted by Gasteiger charge is -2.16. The van der Waals surface area contributed by atoms with Crippen LogP contribution in [0.15, 0.2) is 6.07 Å². The molecule has 0 aromatic heterocycles. The van der Waals surface area contributed by atoms with Crippen LogP contribution in [0, 0.1) is 6.92 Å². The van der Waals surface area contributed by atoms with Crippen molar-refractivity contribution in [2.24, 2.45) is 5.90 Å². The highest BCUT2D eigenvalue weighted by Crippen LogP contribution is 2.39. The summed E-state index contributed by atoms with van der Waals surface area (Å²) in [7, 11) is 3.14. The van der Waals surface area contributed by atoms with Crippen molar-refractivity contribution >= 4 is 11.6 Å². The van der Waals surface area contributed by atoms with Crippen LogP contribution >= 0.6 is 11.6 Å². The van der Waals surface area contributed by atoms with E-state index in [4.69, 9.17) is 27.0 Å². The van der Waals surface area contributed by atoms with Gasteiger partial charge in [-0.25, -0.2) is 5.90 Å². The minimum atomic E-state index is 0.419. The summed E-state index contributed by atoms with van der Waals surface area (Å²) in [5.41, 5.74) is 2.02. The van der Waals surface area contributed by atoms with E-state index < -0.39 is 0 Å². The summed E-state index contributed by atoms with van der Waals surface area (Å²) in [6.45, 7) is 2.38. The van der Waals surface area contributed by atoms with Crippen LogP contribution in [0.2, 0.25) is 5.02 Å². The SMILES string of the molecule is COc1c(Cl)cc(C)c(CCON)c1OC. The van der Waals surface area contributed by atoms with Gasteiger partial charge in [-0.1, -0.05) is 11.6 Å². The van der Waals surface area contributed by atoms with Gasteiger partial charge in [0.15, 0.2) is 11.5 Å². The molecule has 0 amide bonds. The number of nitrogens with two attached hydrogens (primary N) is 1. The Bertz CT molecular complexity index is 369. The molecule has 0 aliphatic rings. The number of hydrogen-bond donors (Lipinski definition) is 1. The van der Waals surface area contributed by atoms with Crippen LogP contribution < -0.4 is 15.4 Å². The Morgan fingerprint density at radius 1 is 1.25 bits per heavy atom. The molecule has 1 rings (SSSR count). The van der Waals surface area contributed by atoms with Gasteiger partial charge >= 0.3 is 0 Å². The summed E-state index contributed by atoms with van der Waals surface area (Å²) in [6.07, 6.45) is 0.652. The first kappa shape index (κ1) is 13.1. The molecule has 0 spiro atoms. The van der Waals surface area contributed by atoms with Crippen LogP contribution in [0.25, 0.3) is 0 Å². The van der Waals surface area contributed by atoms with Crippen molar-refractivity contribution in [3.05, 3.63) is 22.2 Å². The van der Waals surface area contributed by atoms with E-state index >= 15 is 0 Å². The Morgan fingerprint density at radius 2 is 1.88 bits per heavy atom. The van der Waals surface area contributed by atoms with E-state index in [0.717, 1.165) is 11.1 Å². The van der Waals surface area contributed by atoms with Crippen molar-refractivity contribution in [1.82, 2.24) is 0 Å². The topological polar surface area (TPSA) is 53.7 Å². The lowest BCUT2D eigenvalue weighted by Crippen LogP contribution is -2.07. The maximum Gasteiger partial charge on any atom is 0.179 e. The first-order valence-corrected chi connectivity index (χ1v) is 5.25. The normalized spacial score (nSPS) is 10.3. The van der Waals surface area contributed by atoms with E-state index in [-0.39, 0.29) is 0 Å². The summed E-state index contributed by atoms with van der Waals surface area (Å²) in [5, 5.41) is 0.536. The molecule has 0 atom stereocenters. The van der Waals surface area contributed by atoms with Gasteiger partial charge in [-0.05, 0) is 18.6 Å². The molecule has 0 fully saturated rings. The van der Waals surface area contributed by atoms with Crippen molar-refractivity contribution in [3.8, 4) is 11.5 Å². The Hall–Kier alpha value is -0.970. The molecule has 2 N–H and O–H groups in total. The number of hydrogen-bond acceptors (Lipinski definition) is 4. The molecule has 0 bridgehead atoms. The third-order valence-electron chi connectivity index (χ3n) is 2.39. The molecule has 0 aliphatic heterocycles. The molecule has 0 aliphatic carbocycles. The van der Waals surface area contributed by atoms with Crippen molar-refractivity contribution in [3.63, 3.8) is 0 Å². The maximum absolute atomic E-state index is 6.06. The van der Waals surface area contributed by atoms with Crippen LogP contribution in [-0.2, 0) is 11.3 Å². The predicted molar refractivity (Wildman–Crippen MR) is 63.1 cm³/mol. The first-order chi connectivity index (χ1) is 7.65. The summed E-state index contributed by atoms with van der Waals surface area (Å²) in [6, 6.07) is 1.84. The number of rotatable bonds is 5. The zero-order valence-corrected chi connectivity index (χ0v) is 10.4. The molecule has 0 unspecified atom stereocenters. The molecule has 1 aromatic rings. The van der Waals surface area contributed by atoms with Gasteiger partial charge in [0.2, 0.25) is 0 Å². The van der Waals surface area contributed by atoms with Crippen molar-refractivity contribution < 1.29 is 14.3 Å². The van der Waals surface area contributed by atoms with Crippen molar-refractivity contribution in [2.45, 2.75) is 13.3 Å². The van der Waals surface area contributed by atoms with Crippen LogP contribution in [0.4, 0.5) is 0 Å². The molecule has 5 heteroatoms. The summed E-state index contributed by atoms with van der Waals surface area (Å²) >= 11 is 6.06. The zero-order valence-electron chi connectivity index (χ0n) is 9.67. The standard InChI is InChI=1S/C11H16ClNO3/c1-7-6-9(12)11(15-3)10(14-2)8(7)4-5-16-13/h6H,4-5,13H2,1-3H3. The monoisotopic (exact) mass is 245 g/mol. The summed E-state index contributed by atoms with van der Waals surface area (Å²) in [5.74, 6) is 6.21. The fourth-order valence-corrected chi connectivity index (χ4v) is 1.97. The Kier molecular flexibility index (Phi) is 4.86. The van der Waals surface area contributed by atoms with Crippen LogP contribution in [0.3, 0.4) is 0 Å². The summed E-state index contributed by atoms with van der Waals surface area (Å²) < 4.78 is 10.5. The molecule has 1 aromatic carbocycles. The highest BCUT2D eigenvalue weighted by atomic mass is 35.5. The van der Waals surface area contributed by atoms with E-state index in [1.165, 1.54) is 0 Å². The van der Waals surface area contributed by atoms with Gasteiger partial charge in [-0.2, -0.15) is 0 Å². The fraction of sp³-hybridized carbons (Fsp3) is 0.455. The highest BCUT2D eigenvalue weighted by Gasteiger charge is 2.16. The zero-order chi connectivity index (χ0) is 12.1. The molecular weight excluding hydrogens is 230 g/mol. The smallest absolute Gasteiger partial charge is 0.179 e. The largest absolute Gasteiger partial charge is 0.493 e. The Labute approximate surface area is 100 Å². The molecule has 0 radical (unpaired) electrons. The third kappa shape index (κ3) is 2.58. The average Bonchev–Trinajstić information content (AvgIpc) is 2.27. The van der Waals surface area contributed by atoms with Gasteiger partial charge in [-0.15, -0.1) is 0 Å². The minimum absolute atomic E-state index is 0.419. The number of halogens is 1. The second kappa shape index (κ2) is 5.94. The van der Waals surface area contributed by atoms with Gasteiger partial charge in [-0.3, -0.25) is 0 Å². The predicted octanol–water partition coefficient (Wildman–Crippen LogP) is 2.10. The second-order valence-electron chi connectivity index (χ2n) is 3.34. The molecule has 0 saturated heterocycles. The molecular formula is C11H16ClNO3. The van der Waals surface area contributed by atoms with Crippen LogP contribution in [-0.4, -0.2) is 20.8 Å². The van der Waals surface area contributed by atoms with Crippen LogP contribution in [0.1, 0.15) is 11.1 Å². The first-order valence-electron chi connectivity index (χ1n) is 4.87. The fourth-order valence-electron chi connectivity index (χ4n) is 1.65. The lowest BCUT2D eigenvalue weighted by molar-refractivity contribution is 0.140. The lowest BCUT2D eigenvalue weighted by atomic mass is 10.0. The molecule has 16 heavy (non-hydrogen) atoms. The molecule has 0 heterocycles. The number of ether oxygens (including phenoxy) is 2.